The van der Waals surface area contributed by atoms with Crippen LogP contribution in [0.1, 0.15) is 25.5 Å². The van der Waals surface area contributed by atoms with Crippen molar-refractivity contribution in [1.82, 2.24) is 20.0 Å². The molecule has 1 aliphatic rings. The van der Waals surface area contributed by atoms with Gasteiger partial charge in [-0.25, -0.2) is 9.59 Å². The number of hydrogen-bond acceptors (Lipinski definition) is 4. The SMILES string of the molecule is C[C@@H]1CN(C(=O)NC(C(=O)O)c2cnn(C)c2)C[C@H](C)O1. The van der Waals surface area contributed by atoms with E-state index in [1.54, 1.807) is 18.1 Å². The first-order chi connectivity index (χ1) is 9.86. The fourth-order valence-corrected chi connectivity index (χ4v) is 2.44. The molecule has 0 bridgehead atoms. The van der Waals surface area contributed by atoms with Crippen molar-refractivity contribution in [2.24, 2.45) is 7.05 Å². The summed E-state index contributed by atoms with van der Waals surface area (Å²) < 4.78 is 7.05. The largest absolute Gasteiger partial charge is 0.479 e. The molecule has 1 aromatic heterocycles. The predicted octanol–water partition coefficient (Wildman–Crippen LogP) is 0.365. The molecule has 2 N–H and O–H groups in total. The number of hydrogen-bond donors (Lipinski definition) is 2. The fourth-order valence-electron chi connectivity index (χ4n) is 2.44. The van der Waals surface area contributed by atoms with Crippen molar-refractivity contribution >= 4 is 12.0 Å². The standard InChI is InChI=1S/C13H20N4O4/c1-8-5-17(6-9(2)21-8)13(20)15-11(12(18)19)10-4-14-16(3)7-10/h4,7-9,11H,5-6H2,1-3H3,(H,15,20)(H,18,19)/t8-,9+,11?. The van der Waals surface area contributed by atoms with E-state index in [-0.39, 0.29) is 12.2 Å². The van der Waals surface area contributed by atoms with Crippen LogP contribution in [0.4, 0.5) is 4.79 Å². The zero-order valence-electron chi connectivity index (χ0n) is 12.3. The Morgan fingerprint density at radius 1 is 1.43 bits per heavy atom. The van der Waals surface area contributed by atoms with Gasteiger partial charge in [-0.3, -0.25) is 4.68 Å². The monoisotopic (exact) mass is 296 g/mol. The third kappa shape index (κ3) is 3.72. The van der Waals surface area contributed by atoms with Gasteiger partial charge in [-0.05, 0) is 13.8 Å². The number of carbonyl (C=O) groups excluding carboxylic acids is 1. The van der Waals surface area contributed by atoms with Crippen molar-refractivity contribution < 1.29 is 19.4 Å². The molecule has 0 saturated carbocycles. The van der Waals surface area contributed by atoms with Crippen LogP contribution in [0.15, 0.2) is 12.4 Å². The molecular weight excluding hydrogens is 276 g/mol. The van der Waals surface area contributed by atoms with Gasteiger partial charge in [0.25, 0.3) is 0 Å². The zero-order chi connectivity index (χ0) is 15.6. The second kappa shape index (κ2) is 6.13. The maximum atomic E-state index is 12.3. The Labute approximate surface area is 122 Å². The van der Waals surface area contributed by atoms with Crippen LogP contribution in [-0.2, 0) is 16.6 Å². The molecule has 1 saturated heterocycles. The van der Waals surface area contributed by atoms with Gasteiger partial charge in [0.1, 0.15) is 0 Å². The third-order valence-corrected chi connectivity index (χ3v) is 3.28. The lowest BCUT2D eigenvalue weighted by molar-refractivity contribution is -0.139. The van der Waals surface area contributed by atoms with Crippen molar-refractivity contribution in [2.75, 3.05) is 13.1 Å². The van der Waals surface area contributed by atoms with E-state index in [0.29, 0.717) is 18.7 Å². The number of aromatic nitrogens is 2. The summed E-state index contributed by atoms with van der Waals surface area (Å²) in [5.41, 5.74) is 0.438. The quantitative estimate of drug-likeness (QED) is 0.839. The summed E-state index contributed by atoms with van der Waals surface area (Å²) in [7, 11) is 1.69. The summed E-state index contributed by atoms with van der Waals surface area (Å²) in [5.74, 6) is -1.12. The number of rotatable bonds is 3. The summed E-state index contributed by atoms with van der Waals surface area (Å²) in [4.78, 5) is 25.2. The normalized spacial score (nSPS) is 23.7. The summed E-state index contributed by atoms with van der Waals surface area (Å²) in [6.07, 6.45) is 2.87. The van der Waals surface area contributed by atoms with Gasteiger partial charge in [-0.2, -0.15) is 5.10 Å². The minimum absolute atomic E-state index is 0.0684. The molecule has 0 aliphatic carbocycles. The minimum atomic E-state index is -1.12. The van der Waals surface area contributed by atoms with Gasteiger partial charge in [0.05, 0.1) is 18.4 Å². The molecule has 1 fully saturated rings. The first-order valence-corrected chi connectivity index (χ1v) is 6.79. The van der Waals surface area contributed by atoms with E-state index in [1.807, 2.05) is 13.8 Å². The van der Waals surface area contributed by atoms with E-state index in [4.69, 9.17) is 4.74 Å². The Kier molecular flexibility index (Phi) is 4.46. The van der Waals surface area contributed by atoms with E-state index < -0.39 is 18.0 Å². The van der Waals surface area contributed by atoms with Crippen LogP contribution in [0.2, 0.25) is 0 Å². The highest BCUT2D eigenvalue weighted by atomic mass is 16.5. The topological polar surface area (TPSA) is 96.7 Å². The van der Waals surface area contributed by atoms with E-state index >= 15 is 0 Å². The van der Waals surface area contributed by atoms with E-state index in [0.717, 1.165) is 0 Å². The van der Waals surface area contributed by atoms with E-state index in [9.17, 15) is 14.7 Å². The van der Waals surface area contributed by atoms with Crippen LogP contribution >= 0.6 is 0 Å². The van der Waals surface area contributed by atoms with Crippen LogP contribution < -0.4 is 5.32 Å². The number of amides is 2. The van der Waals surface area contributed by atoms with Crippen LogP contribution in [0.25, 0.3) is 0 Å². The Hall–Kier alpha value is -2.09. The van der Waals surface area contributed by atoms with Gasteiger partial charge < -0.3 is 20.1 Å². The maximum absolute atomic E-state index is 12.3. The van der Waals surface area contributed by atoms with Crippen molar-refractivity contribution in [3.8, 4) is 0 Å². The van der Waals surface area contributed by atoms with Gasteiger partial charge in [0.2, 0.25) is 0 Å². The van der Waals surface area contributed by atoms with Crippen LogP contribution in [0, 0.1) is 0 Å². The summed E-state index contributed by atoms with van der Waals surface area (Å²) in [5, 5.41) is 15.8. The molecule has 0 spiro atoms. The minimum Gasteiger partial charge on any atom is -0.479 e. The molecule has 3 atom stereocenters. The second-order valence-corrected chi connectivity index (χ2v) is 5.33. The lowest BCUT2D eigenvalue weighted by Crippen LogP contribution is -2.52. The zero-order valence-corrected chi connectivity index (χ0v) is 12.3. The molecule has 8 nitrogen and oxygen atoms in total. The highest BCUT2D eigenvalue weighted by molar-refractivity contribution is 5.83. The molecule has 2 heterocycles. The van der Waals surface area contributed by atoms with Crippen molar-refractivity contribution in [3.05, 3.63) is 18.0 Å². The number of carboxylic acid groups (broad SMARTS) is 1. The van der Waals surface area contributed by atoms with Gasteiger partial charge in [0.15, 0.2) is 6.04 Å². The van der Waals surface area contributed by atoms with Gasteiger partial charge in [-0.15, -0.1) is 0 Å². The van der Waals surface area contributed by atoms with Gasteiger partial charge >= 0.3 is 12.0 Å². The molecule has 2 rings (SSSR count). The van der Waals surface area contributed by atoms with Crippen molar-refractivity contribution in [3.63, 3.8) is 0 Å². The van der Waals surface area contributed by atoms with Crippen molar-refractivity contribution in [2.45, 2.75) is 32.1 Å². The number of aliphatic carboxylic acids is 1. The summed E-state index contributed by atoms with van der Waals surface area (Å²) in [6.45, 7) is 4.64. The smallest absolute Gasteiger partial charge is 0.331 e. The molecular formula is C13H20N4O4. The predicted molar refractivity (Wildman–Crippen MR) is 73.7 cm³/mol. The Morgan fingerprint density at radius 3 is 2.52 bits per heavy atom. The number of nitrogens with one attached hydrogen (secondary N) is 1. The Balaban J connectivity index is 2.06. The number of nitrogens with zero attached hydrogens (tertiary/aromatic N) is 3. The lowest BCUT2D eigenvalue weighted by Gasteiger charge is -2.35. The average molecular weight is 296 g/mol. The average Bonchev–Trinajstić information content (AvgIpc) is 2.80. The molecule has 21 heavy (non-hydrogen) atoms. The van der Waals surface area contributed by atoms with Gasteiger partial charge in [-0.1, -0.05) is 0 Å². The third-order valence-electron chi connectivity index (χ3n) is 3.28. The molecule has 2 amide bonds. The highest BCUT2D eigenvalue weighted by Gasteiger charge is 2.30. The Morgan fingerprint density at radius 2 is 2.05 bits per heavy atom. The summed E-state index contributed by atoms with van der Waals surface area (Å²) in [6, 6.07) is -1.52. The maximum Gasteiger partial charge on any atom is 0.331 e. The first-order valence-electron chi connectivity index (χ1n) is 6.79. The summed E-state index contributed by atoms with van der Waals surface area (Å²) >= 11 is 0. The molecule has 8 heteroatoms. The molecule has 1 aromatic rings. The molecule has 0 aromatic carbocycles. The Bertz CT molecular complexity index is 520. The van der Waals surface area contributed by atoms with E-state index in [1.165, 1.54) is 10.9 Å². The molecule has 0 radical (unpaired) electrons. The highest BCUT2D eigenvalue weighted by Crippen LogP contribution is 2.15. The second-order valence-electron chi connectivity index (χ2n) is 5.33. The molecule has 1 aliphatic heterocycles. The van der Waals surface area contributed by atoms with E-state index in [2.05, 4.69) is 10.4 Å². The number of carbonyl (C=O) groups is 2. The van der Waals surface area contributed by atoms with Crippen LogP contribution in [0.5, 0.6) is 0 Å². The number of ether oxygens (including phenoxy) is 1. The van der Waals surface area contributed by atoms with Crippen molar-refractivity contribution in [1.29, 1.82) is 0 Å². The van der Waals surface area contributed by atoms with Crippen LogP contribution in [0.3, 0.4) is 0 Å². The number of morpholine rings is 1. The number of aryl methyl sites for hydroxylation is 1. The number of carboxylic acids is 1. The molecule has 116 valence electrons. The fraction of sp³-hybridized carbons (Fsp3) is 0.615. The van der Waals surface area contributed by atoms with Gasteiger partial charge in [0, 0.05) is 31.9 Å². The molecule has 1 unspecified atom stereocenters. The first kappa shape index (κ1) is 15.3. The number of urea groups is 1. The van der Waals surface area contributed by atoms with Crippen LogP contribution in [-0.4, -0.2) is 57.1 Å². The lowest BCUT2D eigenvalue weighted by atomic mass is 10.1.